The Hall–Kier alpha value is -2.89. The van der Waals surface area contributed by atoms with Crippen LogP contribution in [0.25, 0.3) is 10.9 Å². The van der Waals surface area contributed by atoms with Crippen molar-refractivity contribution in [3.05, 3.63) is 42.6 Å². The number of para-hydroxylation sites is 1. The molecule has 0 unspecified atom stereocenters. The number of anilines is 4. The molecule has 0 bridgehead atoms. The van der Waals surface area contributed by atoms with Crippen molar-refractivity contribution in [2.75, 3.05) is 16.8 Å². The van der Waals surface area contributed by atoms with Gasteiger partial charge in [0.25, 0.3) is 0 Å². The molecule has 94 valence electrons. The van der Waals surface area contributed by atoms with E-state index >= 15 is 0 Å². The lowest BCUT2D eigenvalue weighted by Crippen LogP contribution is -2.03. The second-order valence-electron chi connectivity index (χ2n) is 4.08. The minimum absolute atomic E-state index is 0.135. The van der Waals surface area contributed by atoms with E-state index in [9.17, 15) is 0 Å². The van der Waals surface area contributed by atoms with Gasteiger partial charge < -0.3 is 16.8 Å². The topological polar surface area (TPSA) is 103 Å². The molecule has 0 radical (unpaired) electrons. The molecule has 1 aromatic carbocycles. The average molecular weight is 252 g/mol. The molecular weight excluding hydrogens is 240 g/mol. The molecule has 2 heterocycles. The highest BCUT2D eigenvalue weighted by atomic mass is 15.1. The first-order valence-electron chi connectivity index (χ1n) is 5.72. The van der Waals surface area contributed by atoms with Gasteiger partial charge in [-0.25, -0.2) is 0 Å². The fourth-order valence-electron chi connectivity index (χ4n) is 1.84. The molecule has 0 aliphatic rings. The molecule has 0 aliphatic heterocycles. The van der Waals surface area contributed by atoms with Gasteiger partial charge in [0.2, 0.25) is 5.95 Å². The van der Waals surface area contributed by atoms with Crippen molar-refractivity contribution in [3.63, 3.8) is 0 Å². The Labute approximate surface area is 109 Å². The molecule has 5 N–H and O–H groups in total. The molecule has 0 spiro atoms. The van der Waals surface area contributed by atoms with Crippen molar-refractivity contribution in [1.29, 1.82) is 0 Å². The summed E-state index contributed by atoms with van der Waals surface area (Å²) >= 11 is 0. The van der Waals surface area contributed by atoms with Crippen molar-refractivity contribution >= 4 is 34.2 Å². The summed E-state index contributed by atoms with van der Waals surface area (Å²) in [7, 11) is 0. The maximum atomic E-state index is 5.62. The molecular formula is C13H12N6. The standard InChI is InChI=1S/C13H12N6/c14-11-6-12(19-13(15)18-11)17-9-5-8-3-1-2-4-10(8)16-7-9/h1-7H,(H5,14,15,17,18,19). The maximum absolute atomic E-state index is 5.62. The molecule has 0 aliphatic carbocycles. The lowest BCUT2D eigenvalue weighted by molar-refractivity contribution is 1.19. The van der Waals surface area contributed by atoms with E-state index in [0.717, 1.165) is 16.6 Å². The number of hydrogen-bond donors (Lipinski definition) is 3. The Morgan fingerprint density at radius 3 is 2.68 bits per heavy atom. The molecule has 6 nitrogen and oxygen atoms in total. The van der Waals surface area contributed by atoms with Gasteiger partial charge >= 0.3 is 0 Å². The predicted octanol–water partition coefficient (Wildman–Crippen LogP) is 1.93. The monoisotopic (exact) mass is 252 g/mol. The summed E-state index contributed by atoms with van der Waals surface area (Å²) in [6.07, 6.45) is 1.73. The van der Waals surface area contributed by atoms with Crippen LogP contribution < -0.4 is 16.8 Å². The summed E-state index contributed by atoms with van der Waals surface area (Å²) in [4.78, 5) is 12.2. The Bertz CT molecular complexity index is 720. The molecule has 3 aromatic rings. The van der Waals surface area contributed by atoms with Crippen LogP contribution in [0.3, 0.4) is 0 Å². The van der Waals surface area contributed by atoms with E-state index in [1.165, 1.54) is 0 Å². The lowest BCUT2D eigenvalue weighted by atomic mass is 10.2. The van der Waals surface area contributed by atoms with E-state index in [0.29, 0.717) is 11.6 Å². The third-order valence-corrected chi connectivity index (χ3v) is 2.63. The van der Waals surface area contributed by atoms with E-state index in [1.807, 2.05) is 30.3 Å². The Morgan fingerprint density at radius 2 is 1.84 bits per heavy atom. The number of aromatic nitrogens is 3. The fraction of sp³-hybridized carbons (Fsp3) is 0. The predicted molar refractivity (Wildman–Crippen MR) is 75.9 cm³/mol. The van der Waals surface area contributed by atoms with Crippen molar-refractivity contribution in [2.45, 2.75) is 0 Å². The SMILES string of the molecule is Nc1cc(Nc2cnc3ccccc3c2)nc(N)n1. The van der Waals surface area contributed by atoms with Gasteiger partial charge in [0.15, 0.2) is 0 Å². The summed E-state index contributed by atoms with van der Waals surface area (Å²) in [5.41, 5.74) is 12.9. The van der Waals surface area contributed by atoms with Crippen LogP contribution in [-0.2, 0) is 0 Å². The maximum Gasteiger partial charge on any atom is 0.223 e. The number of nitrogens with one attached hydrogen (secondary N) is 1. The van der Waals surface area contributed by atoms with Crippen LogP contribution in [0.5, 0.6) is 0 Å². The molecule has 0 atom stereocenters. The van der Waals surface area contributed by atoms with Crippen LogP contribution in [-0.4, -0.2) is 15.0 Å². The number of nitrogens with zero attached hydrogens (tertiary/aromatic N) is 3. The summed E-state index contributed by atoms with van der Waals surface area (Å²) < 4.78 is 0. The number of nitrogen functional groups attached to an aromatic ring is 2. The van der Waals surface area contributed by atoms with E-state index in [4.69, 9.17) is 11.5 Å². The first-order chi connectivity index (χ1) is 9.20. The van der Waals surface area contributed by atoms with Crippen molar-refractivity contribution < 1.29 is 0 Å². The summed E-state index contributed by atoms with van der Waals surface area (Å²) in [5, 5.41) is 4.15. The first-order valence-corrected chi connectivity index (χ1v) is 5.72. The van der Waals surface area contributed by atoms with Crippen molar-refractivity contribution in [2.24, 2.45) is 0 Å². The van der Waals surface area contributed by atoms with Gasteiger partial charge in [-0.1, -0.05) is 18.2 Å². The minimum Gasteiger partial charge on any atom is -0.383 e. The van der Waals surface area contributed by atoms with E-state index in [2.05, 4.69) is 20.3 Å². The summed E-state index contributed by atoms with van der Waals surface area (Å²) in [5.74, 6) is 1.00. The zero-order valence-electron chi connectivity index (χ0n) is 10.0. The van der Waals surface area contributed by atoms with Crippen molar-refractivity contribution in [1.82, 2.24) is 15.0 Å². The molecule has 0 saturated carbocycles. The third-order valence-electron chi connectivity index (χ3n) is 2.63. The highest BCUT2D eigenvalue weighted by molar-refractivity contribution is 5.82. The van der Waals surface area contributed by atoms with Gasteiger partial charge in [-0.2, -0.15) is 9.97 Å². The zero-order valence-corrected chi connectivity index (χ0v) is 10.0. The zero-order chi connectivity index (χ0) is 13.2. The second-order valence-corrected chi connectivity index (χ2v) is 4.08. The van der Waals surface area contributed by atoms with Crippen LogP contribution in [0, 0.1) is 0 Å². The Morgan fingerprint density at radius 1 is 1.00 bits per heavy atom. The fourth-order valence-corrected chi connectivity index (χ4v) is 1.84. The lowest BCUT2D eigenvalue weighted by Gasteiger charge is -2.07. The molecule has 2 aromatic heterocycles. The van der Waals surface area contributed by atoms with Gasteiger partial charge in [0, 0.05) is 11.5 Å². The number of benzene rings is 1. The van der Waals surface area contributed by atoms with Gasteiger partial charge in [0.1, 0.15) is 11.6 Å². The van der Waals surface area contributed by atoms with Gasteiger partial charge in [-0.15, -0.1) is 0 Å². The molecule has 0 amide bonds. The molecule has 0 saturated heterocycles. The number of nitrogens with two attached hydrogens (primary N) is 2. The number of pyridine rings is 1. The smallest absolute Gasteiger partial charge is 0.223 e. The van der Waals surface area contributed by atoms with Crippen LogP contribution in [0.1, 0.15) is 0 Å². The molecule has 0 fully saturated rings. The molecule has 6 heteroatoms. The first kappa shape index (κ1) is 11.2. The molecule has 19 heavy (non-hydrogen) atoms. The molecule has 3 rings (SSSR count). The quantitative estimate of drug-likeness (QED) is 0.644. The second kappa shape index (κ2) is 4.41. The van der Waals surface area contributed by atoms with Gasteiger partial charge in [0.05, 0.1) is 17.4 Å². The highest BCUT2D eigenvalue weighted by Crippen LogP contribution is 2.20. The highest BCUT2D eigenvalue weighted by Gasteiger charge is 2.02. The summed E-state index contributed by atoms with van der Waals surface area (Å²) in [6.45, 7) is 0. The van der Waals surface area contributed by atoms with E-state index in [1.54, 1.807) is 12.3 Å². The van der Waals surface area contributed by atoms with E-state index < -0.39 is 0 Å². The van der Waals surface area contributed by atoms with Crippen LogP contribution in [0.2, 0.25) is 0 Å². The normalized spacial score (nSPS) is 10.5. The summed E-state index contributed by atoms with van der Waals surface area (Å²) in [6, 6.07) is 11.5. The largest absolute Gasteiger partial charge is 0.383 e. The van der Waals surface area contributed by atoms with Crippen LogP contribution >= 0.6 is 0 Å². The van der Waals surface area contributed by atoms with Crippen molar-refractivity contribution in [3.8, 4) is 0 Å². The Balaban J connectivity index is 1.96. The van der Waals surface area contributed by atoms with Crippen LogP contribution in [0.4, 0.5) is 23.3 Å². The minimum atomic E-state index is 0.135. The number of rotatable bonds is 2. The van der Waals surface area contributed by atoms with E-state index in [-0.39, 0.29) is 5.95 Å². The van der Waals surface area contributed by atoms with Gasteiger partial charge in [-0.05, 0) is 12.1 Å². The Kier molecular flexibility index (Phi) is 2.60. The van der Waals surface area contributed by atoms with Gasteiger partial charge in [-0.3, -0.25) is 4.98 Å². The van der Waals surface area contributed by atoms with Crippen LogP contribution in [0.15, 0.2) is 42.6 Å². The average Bonchev–Trinajstić information content (AvgIpc) is 2.37. The third kappa shape index (κ3) is 2.37. The number of hydrogen-bond acceptors (Lipinski definition) is 6. The number of fused-ring (bicyclic) bond motifs is 1.